The Morgan fingerprint density at radius 3 is 2.96 bits per heavy atom. The second-order valence-corrected chi connectivity index (χ2v) is 6.19. The molecule has 24 heavy (non-hydrogen) atoms. The van der Waals surface area contributed by atoms with E-state index in [2.05, 4.69) is 31.6 Å². The maximum atomic E-state index is 11.9. The highest BCUT2D eigenvalue weighted by Crippen LogP contribution is 2.25. The number of carbonyl (C=O) groups is 1. The number of nitrogens with one attached hydrogen (secondary N) is 1. The predicted octanol–water partition coefficient (Wildman–Crippen LogP) is 1.76. The van der Waals surface area contributed by atoms with Gasteiger partial charge < -0.3 is 15.8 Å². The van der Waals surface area contributed by atoms with Crippen molar-refractivity contribution in [3.05, 3.63) is 40.1 Å². The Labute approximate surface area is 149 Å². The van der Waals surface area contributed by atoms with Crippen molar-refractivity contribution < 1.29 is 9.53 Å². The van der Waals surface area contributed by atoms with Crippen LogP contribution in [-0.2, 0) is 13.0 Å². The topological polar surface area (TPSA) is 95.1 Å². The molecule has 1 aromatic carbocycles. The minimum Gasteiger partial charge on any atom is -0.496 e. The highest BCUT2D eigenvalue weighted by molar-refractivity contribution is 9.10. The smallest absolute Gasteiger partial charge is 0.273 e. The van der Waals surface area contributed by atoms with E-state index in [4.69, 9.17) is 10.5 Å². The molecule has 1 aromatic heterocycles. The molecular weight excluding hydrogens is 374 g/mol. The number of hydrogen-bond donors (Lipinski definition) is 2. The van der Waals surface area contributed by atoms with Gasteiger partial charge in [-0.15, -0.1) is 5.10 Å². The molecule has 0 saturated carbocycles. The van der Waals surface area contributed by atoms with Gasteiger partial charge in [0.2, 0.25) is 0 Å². The average molecular weight is 396 g/mol. The first kappa shape index (κ1) is 18.4. The molecule has 0 spiro atoms. The molecule has 0 fully saturated rings. The van der Waals surface area contributed by atoms with Crippen molar-refractivity contribution in [2.24, 2.45) is 5.73 Å². The van der Waals surface area contributed by atoms with E-state index in [9.17, 15) is 4.79 Å². The molecular formula is C16H22BrN5O2. The molecule has 0 aliphatic rings. The van der Waals surface area contributed by atoms with Crippen LogP contribution in [0.15, 0.2) is 28.9 Å². The minimum absolute atomic E-state index is 0.203. The normalized spacial score (nSPS) is 10.6. The van der Waals surface area contributed by atoms with Gasteiger partial charge in [-0.3, -0.25) is 9.48 Å². The molecule has 0 atom stereocenters. The number of hydrogen-bond acceptors (Lipinski definition) is 5. The number of aromatic nitrogens is 3. The fourth-order valence-electron chi connectivity index (χ4n) is 2.18. The molecule has 0 radical (unpaired) electrons. The van der Waals surface area contributed by atoms with E-state index in [-0.39, 0.29) is 5.91 Å². The van der Waals surface area contributed by atoms with E-state index in [1.807, 2.05) is 18.2 Å². The Kier molecular flexibility index (Phi) is 7.20. The first-order valence-electron chi connectivity index (χ1n) is 7.85. The summed E-state index contributed by atoms with van der Waals surface area (Å²) in [6.45, 7) is 1.88. The SMILES string of the molecule is COc1ccc(CCn2cc(C(=O)NCCCCN)nn2)cc1Br. The van der Waals surface area contributed by atoms with Gasteiger partial charge in [-0.05, 0) is 59.4 Å². The zero-order chi connectivity index (χ0) is 17.4. The maximum absolute atomic E-state index is 11.9. The number of benzene rings is 1. The number of rotatable bonds is 9. The first-order chi connectivity index (χ1) is 11.6. The molecule has 1 heterocycles. The van der Waals surface area contributed by atoms with E-state index in [0.717, 1.165) is 35.0 Å². The van der Waals surface area contributed by atoms with Gasteiger partial charge in [0, 0.05) is 13.1 Å². The second kappa shape index (κ2) is 9.39. The summed E-state index contributed by atoms with van der Waals surface area (Å²) in [6, 6.07) is 5.94. The molecule has 130 valence electrons. The van der Waals surface area contributed by atoms with E-state index in [1.165, 1.54) is 0 Å². The van der Waals surface area contributed by atoms with Crippen molar-refractivity contribution in [3.8, 4) is 5.75 Å². The molecule has 7 nitrogen and oxygen atoms in total. The third-order valence-electron chi connectivity index (χ3n) is 3.53. The molecule has 0 aliphatic carbocycles. The van der Waals surface area contributed by atoms with Crippen molar-refractivity contribution in [2.45, 2.75) is 25.8 Å². The Morgan fingerprint density at radius 2 is 2.25 bits per heavy atom. The monoisotopic (exact) mass is 395 g/mol. The standard InChI is InChI=1S/C16H22BrN5O2/c1-24-15-5-4-12(10-13(15)17)6-9-22-11-14(20-21-22)16(23)19-8-3-2-7-18/h4-5,10-11H,2-3,6-9,18H2,1H3,(H,19,23). The molecule has 2 rings (SSSR count). The lowest BCUT2D eigenvalue weighted by atomic mass is 10.1. The van der Waals surface area contributed by atoms with Crippen LogP contribution in [-0.4, -0.2) is 41.1 Å². The third kappa shape index (κ3) is 5.31. The fourth-order valence-corrected chi connectivity index (χ4v) is 2.77. The summed E-state index contributed by atoms with van der Waals surface area (Å²) in [4.78, 5) is 11.9. The van der Waals surface area contributed by atoms with Crippen molar-refractivity contribution in [2.75, 3.05) is 20.2 Å². The van der Waals surface area contributed by atoms with Gasteiger partial charge in [-0.2, -0.15) is 0 Å². The molecule has 0 aliphatic heterocycles. The van der Waals surface area contributed by atoms with Gasteiger partial charge in [0.1, 0.15) is 5.75 Å². The molecule has 0 bridgehead atoms. The second-order valence-electron chi connectivity index (χ2n) is 5.34. The molecule has 3 N–H and O–H groups in total. The van der Waals surface area contributed by atoms with Crippen LogP contribution in [0.4, 0.5) is 0 Å². The average Bonchev–Trinajstić information content (AvgIpc) is 3.06. The number of carbonyl (C=O) groups excluding carboxylic acids is 1. The van der Waals surface area contributed by atoms with Gasteiger partial charge in [0.15, 0.2) is 5.69 Å². The van der Waals surface area contributed by atoms with Crippen LogP contribution in [0, 0.1) is 0 Å². The number of methoxy groups -OCH3 is 1. The Balaban J connectivity index is 1.85. The Morgan fingerprint density at radius 1 is 1.42 bits per heavy atom. The summed E-state index contributed by atoms with van der Waals surface area (Å²) < 4.78 is 7.80. The van der Waals surface area contributed by atoms with Crippen LogP contribution in [0.5, 0.6) is 5.75 Å². The molecule has 2 aromatic rings. The van der Waals surface area contributed by atoms with Crippen molar-refractivity contribution in [1.82, 2.24) is 20.3 Å². The van der Waals surface area contributed by atoms with Crippen LogP contribution in [0.3, 0.4) is 0 Å². The lowest BCUT2D eigenvalue weighted by Crippen LogP contribution is -2.25. The number of amides is 1. The van der Waals surface area contributed by atoms with Crippen LogP contribution < -0.4 is 15.8 Å². The van der Waals surface area contributed by atoms with Crippen molar-refractivity contribution >= 4 is 21.8 Å². The lowest BCUT2D eigenvalue weighted by Gasteiger charge is -2.06. The summed E-state index contributed by atoms with van der Waals surface area (Å²) in [5.41, 5.74) is 6.89. The molecule has 0 saturated heterocycles. The zero-order valence-electron chi connectivity index (χ0n) is 13.7. The highest BCUT2D eigenvalue weighted by atomic mass is 79.9. The van der Waals surface area contributed by atoms with Crippen LogP contribution in [0.1, 0.15) is 28.9 Å². The maximum Gasteiger partial charge on any atom is 0.273 e. The van der Waals surface area contributed by atoms with Gasteiger partial charge in [0.05, 0.1) is 17.8 Å². The summed E-state index contributed by atoms with van der Waals surface area (Å²) >= 11 is 3.47. The van der Waals surface area contributed by atoms with E-state index in [0.29, 0.717) is 25.3 Å². The number of ether oxygens (including phenoxy) is 1. The third-order valence-corrected chi connectivity index (χ3v) is 4.15. The van der Waals surface area contributed by atoms with Crippen LogP contribution in [0.2, 0.25) is 0 Å². The summed E-state index contributed by atoms with van der Waals surface area (Å²) in [7, 11) is 1.64. The highest BCUT2D eigenvalue weighted by Gasteiger charge is 2.10. The zero-order valence-corrected chi connectivity index (χ0v) is 15.3. The van der Waals surface area contributed by atoms with E-state index < -0.39 is 0 Å². The van der Waals surface area contributed by atoms with E-state index in [1.54, 1.807) is 18.0 Å². The molecule has 1 amide bonds. The quantitative estimate of drug-likeness (QED) is 0.630. The van der Waals surface area contributed by atoms with Gasteiger partial charge in [-0.25, -0.2) is 0 Å². The van der Waals surface area contributed by atoms with Crippen LogP contribution >= 0.6 is 15.9 Å². The Hall–Kier alpha value is -1.93. The number of halogens is 1. The van der Waals surface area contributed by atoms with Crippen molar-refractivity contribution in [1.29, 1.82) is 0 Å². The molecule has 0 unspecified atom stereocenters. The number of aryl methyl sites for hydroxylation is 2. The van der Waals surface area contributed by atoms with Crippen LogP contribution in [0.25, 0.3) is 0 Å². The largest absolute Gasteiger partial charge is 0.496 e. The number of unbranched alkanes of at least 4 members (excludes halogenated alkanes) is 1. The predicted molar refractivity (Wildman–Crippen MR) is 95.0 cm³/mol. The first-order valence-corrected chi connectivity index (χ1v) is 8.64. The minimum atomic E-state index is -0.203. The summed E-state index contributed by atoms with van der Waals surface area (Å²) in [6.07, 6.45) is 4.20. The van der Waals surface area contributed by atoms with Gasteiger partial charge in [0.25, 0.3) is 5.91 Å². The summed E-state index contributed by atoms with van der Waals surface area (Å²) in [5, 5.41) is 10.7. The van der Waals surface area contributed by atoms with E-state index >= 15 is 0 Å². The Bertz CT molecular complexity index is 674. The fraction of sp³-hybridized carbons (Fsp3) is 0.438. The van der Waals surface area contributed by atoms with Gasteiger partial charge >= 0.3 is 0 Å². The van der Waals surface area contributed by atoms with Crippen molar-refractivity contribution in [3.63, 3.8) is 0 Å². The number of nitrogens with two attached hydrogens (primary N) is 1. The lowest BCUT2D eigenvalue weighted by molar-refractivity contribution is 0.0948. The number of nitrogens with zero attached hydrogens (tertiary/aromatic N) is 3. The summed E-state index contributed by atoms with van der Waals surface area (Å²) in [5.74, 6) is 0.596. The van der Waals surface area contributed by atoms with Gasteiger partial charge in [-0.1, -0.05) is 11.3 Å². The molecule has 8 heteroatoms.